The average Bonchev–Trinajstić information content (AvgIpc) is 3.45. The molecule has 0 aliphatic heterocycles. The van der Waals surface area contributed by atoms with E-state index in [-0.39, 0.29) is 16.5 Å². The minimum atomic E-state index is -4.59. The smallest absolute Gasteiger partial charge is 0.418 e. The van der Waals surface area contributed by atoms with E-state index in [1.54, 1.807) is 12.1 Å². The van der Waals surface area contributed by atoms with Gasteiger partial charge < -0.3 is 9.84 Å². The number of fused-ring (bicyclic) bond motifs is 1. The maximum Gasteiger partial charge on any atom is 0.418 e. The van der Waals surface area contributed by atoms with Crippen LogP contribution in [0.4, 0.5) is 17.6 Å². The predicted octanol–water partition coefficient (Wildman–Crippen LogP) is 6.73. The Bertz CT molecular complexity index is 1290. The van der Waals surface area contributed by atoms with Crippen molar-refractivity contribution in [2.24, 2.45) is 5.92 Å². The molecule has 8 heteroatoms. The van der Waals surface area contributed by atoms with Crippen LogP contribution >= 0.6 is 0 Å². The SMILES string of the molecule is CC[C@]1(c2ccc(O[C@@H]3CCc4c(-c5ccncc5C(F)(F)F)ccc(F)c43)cc2)C[C@@H]1C(=O)O. The van der Waals surface area contributed by atoms with Crippen molar-refractivity contribution in [3.63, 3.8) is 0 Å². The first kappa shape index (κ1) is 23.3. The second-order valence-corrected chi connectivity index (χ2v) is 9.18. The predicted molar refractivity (Wildman–Crippen MR) is 120 cm³/mol. The highest BCUT2D eigenvalue weighted by atomic mass is 19.4. The molecule has 2 aliphatic carbocycles. The number of pyridine rings is 1. The zero-order chi connectivity index (χ0) is 25.0. The molecule has 3 aromatic rings. The van der Waals surface area contributed by atoms with Gasteiger partial charge in [0.2, 0.25) is 0 Å². The molecule has 0 saturated heterocycles. The summed E-state index contributed by atoms with van der Waals surface area (Å²) in [5, 5.41) is 9.38. The van der Waals surface area contributed by atoms with E-state index in [0.717, 1.165) is 11.8 Å². The zero-order valence-electron chi connectivity index (χ0n) is 18.9. The summed E-state index contributed by atoms with van der Waals surface area (Å²) in [7, 11) is 0. The Hall–Kier alpha value is -3.42. The summed E-state index contributed by atoms with van der Waals surface area (Å²) < 4.78 is 61.7. The number of rotatable bonds is 6. The highest BCUT2D eigenvalue weighted by Crippen LogP contribution is 2.57. The monoisotopic (exact) mass is 485 g/mol. The van der Waals surface area contributed by atoms with Gasteiger partial charge in [0.05, 0.1) is 11.5 Å². The maximum atomic E-state index is 14.9. The fraction of sp³-hybridized carbons (Fsp3) is 0.333. The maximum absolute atomic E-state index is 14.9. The summed E-state index contributed by atoms with van der Waals surface area (Å²) in [6.45, 7) is 1.97. The van der Waals surface area contributed by atoms with Gasteiger partial charge in [-0.2, -0.15) is 13.2 Å². The van der Waals surface area contributed by atoms with Gasteiger partial charge in [0.25, 0.3) is 0 Å². The summed E-state index contributed by atoms with van der Waals surface area (Å²) in [4.78, 5) is 15.1. The number of carboxylic acid groups (broad SMARTS) is 1. The molecule has 0 bridgehead atoms. The number of carbonyl (C=O) groups is 1. The Morgan fingerprint density at radius 3 is 2.51 bits per heavy atom. The third-order valence-electron chi connectivity index (χ3n) is 7.41. The summed E-state index contributed by atoms with van der Waals surface area (Å²) in [6.07, 6.45) is -1.03. The Labute approximate surface area is 199 Å². The normalized spacial score (nSPS) is 23.1. The third kappa shape index (κ3) is 3.94. The molecule has 3 atom stereocenters. The number of hydrogen-bond acceptors (Lipinski definition) is 3. The minimum Gasteiger partial charge on any atom is -0.486 e. The Balaban J connectivity index is 1.43. The van der Waals surface area contributed by atoms with Gasteiger partial charge >= 0.3 is 12.1 Å². The van der Waals surface area contributed by atoms with Crippen molar-refractivity contribution in [2.45, 2.75) is 50.3 Å². The van der Waals surface area contributed by atoms with Gasteiger partial charge in [0.1, 0.15) is 17.7 Å². The first-order valence-corrected chi connectivity index (χ1v) is 11.5. The first-order valence-electron chi connectivity index (χ1n) is 11.5. The van der Waals surface area contributed by atoms with Gasteiger partial charge in [-0.3, -0.25) is 9.78 Å². The molecule has 1 heterocycles. The van der Waals surface area contributed by atoms with Crippen LogP contribution in [0.5, 0.6) is 5.75 Å². The lowest BCUT2D eigenvalue weighted by Crippen LogP contribution is -2.14. The van der Waals surface area contributed by atoms with Gasteiger partial charge in [-0.1, -0.05) is 25.1 Å². The fourth-order valence-electron chi connectivity index (χ4n) is 5.47. The van der Waals surface area contributed by atoms with Crippen LogP contribution < -0.4 is 4.74 Å². The van der Waals surface area contributed by atoms with E-state index in [2.05, 4.69) is 4.98 Å². The van der Waals surface area contributed by atoms with Gasteiger partial charge in [-0.25, -0.2) is 4.39 Å². The van der Waals surface area contributed by atoms with Crippen LogP contribution in [0.25, 0.3) is 11.1 Å². The number of halogens is 4. The molecule has 35 heavy (non-hydrogen) atoms. The Morgan fingerprint density at radius 2 is 1.89 bits per heavy atom. The number of ether oxygens (including phenoxy) is 1. The van der Waals surface area contributed by atoms with Crippen molar-refractivity contribution in [1.29, 1.82) is 0 Å². The number of aromatic nitrogens is 1. The van der Waals surface area contributed by atoms with Gasteiger partial charge in [0.15, 0.2) is 0 Å². The summed E-state index contributed by atoms with van der Waals surface area (Å²) >= 11 is 0. The van der Waals surface area contributed by atoms with Crippen LogP contribution in [0.3, 0.4) is 0 Å². The molecular weight excluding hydrogens is 462 g/mol. The fourth-order valence-corrected chi connectivity index (χ4v) is 5.47. The second-order valence-electron chi connectivity index (χ2n) is 9.18. The lowest BCUT2D eigenvalue weighted by atomic mass is 9.90. The molecule has 0 unspecified atom stereocenters. The van der Waals surface area contributed by atoms with Crippen molar-refractivity contribution in [1.82, 2.24) is 4.98 Å². The lowest BCUT2D eigenvalue weighted by molar-refractivity contribution is -0.139. The van der Waals surface area contributed by atoms with E-state index < -0.39 is 35.5 Å². The molecule has 0 spiro atoms. The number of nitrogens with zero attached hydrogens (tertiary/aromatic N) is 1. The molecule has 182 valence electrons. The second kappa shape index (κ2) is 8.36. The van der Waals surface area contributed by atoms with Crippen LogP contribution in [0.2, 0.25) is 0 Å². The number of benzene rings is 2. The highest BCUT2D eigenvalue weighted by molar-refractivity contribution is 5.77. The minimum absolute atomic E-state index is 0.0314. The summed E-state index contributed by atoms with van der Waals surface area (Å²) in [6, 6.07) is 11.0. The van der Waals surface area contributed by atoms with Crippen LogP contribution in [-0.4, -0.2) is 16.1 Å². The van der Waals surface area contributed by atoms with Crippen molar-refractivity contribution >= 4 is 5.97 Å². The number of alkyl halides is 3. The molecule has 2 aromatic carbocycles. The molecular formula is C27H23F4NO3. The van der Waals surface area contributed by atoms with E-state index >= 15 is 0 Å². The standard InChI is InChI=1S/C27H23F4NO3/c1-2-26(13-20(26)25(33)34)15-3-5-16(6-4-15)35-23-10-8-19-17(7-9-22(28)24(19)23)18-11-12-32-14-21(18)27(29,30)31/h3-7,9,11-12,14,20,23H,2,8,10,13H2,1H3,(H,33,34)/t20-,23-,26-/m1/s1. The first-order chi connectivity index (χ1) is 16.7. The van der Waals surface area contributed by atoms with E-state index in [4.69, 9.17) is 4.74 Å². The van der Waals surface area contributed by atoms with Crippen LogP contribution in [0.1, 0.15) is 54.5 Å². The largest absolute Gasteiger partial charge is 0.486 e. The lowest BCUT2D eigenvalue weighted by Gasteiger charge is -2.19. The zero-order valence-corrected chi connectivity index (χ0v) is 18.9. The molecule has 4 nitrogen and oxygen atoms in total. The summed E-state index contributed by atoms with van der Waals surface area (Å²) in [5.74, 6) is -1.22. The molecule has 1 saturated carbocycles. The van der Waals surface area contributed by atoms with Crippen molar-refractivity contribution in [3.8, 4) is 16.9 Å². The van der Waals surface area contributed by atoms with Crippen molar-refractivity contribution < 1.29 is 32.2 Å². The van der Waals surface area contributed by atoms with Crippen LogP contribution in [0, 0.1) is 11.7 Å². The number of carboxylic acids is 1. The van der Waals surface area contributed by atoms with Gasteiger partial charge in [-0.15, -0.1) is 0 Å². The molecule has 1 N–H and O–H groups in total. The number of hydrogen-bond donors (Lipinski definition) is 1. The molecule has 1 aromatic heterocycles. The molecule has 5 rings (SSSR count). The highest BCUT2D eigenvalue weighted by Gasteiger charge is 2.58. The van der Waals surface area contributed by atoms with E-state index in [9.17, 15) is 27.5 Å². The summed E-state index contributed by atoms with van der Waals surface area (Å²) in [5.41, 5.74) is 0.777. The van der Waals surface area contributed by atoms with Gasteiger partial charge in [-0.05, 0) is 72.2 Å². The number of aliphatic carboxylic acids is 1. The van der Waals surface area contributed by atoms with Gasteiger partial charge in [0, 0.05) is 23.4 Å². The molecule has 0 amide bonds. The molecule has 0 radical (unpaired) electrons. The topological polar surface area (TPSA) is 59.4 Å². The van der Waals surface area contributed by atoms with Crippen molar-refractivity contribution in [2.75, 3.05) is 0 Å². The Morgan fingerprint density at radius 1 is 1.14 bits per heavy atom. The van der Waals surface area contributed by atoms with Crippen molar-refractivity contribution in [3.05, 3.63) is 82.9 Å². The van der Waals surface area contributed by atoms with E-state index in [1.807, 2.05) is 19.1 Å². The van der Waals surface area contributed by atoms with Crippen LogP contribution in [-0.2, 0) is 22.8 Å². The van der Waals surface area contributed by atoms with E-state index in [0.29, 0.717) is 42.6 Å². The third-order valence-corrected chi connectivity index (χ3v) is 7.41. The average molecular weight is 485 g/mol. The molecule has 1 fully saturated rings. The Kier molecular flexibility index (Phi) is 5.57. The molecule has 2 aliphatic rings. The van der Waals surface area contributed by atoms with E-state index in [1.165, 1.54) is 24.4 Å². The quantitative estimate of drug-likeness (QED) is 0.394. The van der Waals surface area contributed by atoms with Crippen LogP contribution in [0.15, 0.2) is 54.9 Å².